The van der Waals surface area contributed by atoms with Gasteiger partial charge in [-0.2, -0.15) is 0 Å². The fourth-order valence-electron chi connectivity index (χ4n) is 2.77. The summed E-state index contributed by atoms with van der Waals surface area (Å²) in [7, 11) is 0. The van der Waals surface area contributed by atoms with Crippen LogP contribution in [0.25, 0.3) is 0 Å². The molecule has 20 heavy (non-hydrogen) atoms. The second-order valence-corrected chi connectivity index (χ2v) is 5.81. The van der Waals surface area contributed by atoms with E-state index in [9.17, 15) is 4.79 Å². The van der Waals surface area contributed by atoms with Crippen molar-refractivity contribution in [3.05, 3.63) is 0 Å². The monoisotopic (exact) mass is 284 g/mol. The van der Waals surface area contributed by atoms with Crippen molar-refractivity contribution in [2.45, 2.75) is 84.0 Å². The smallest absolute Gasteiger partial charge is 0.248 e. The van der Waals surface area contributed by atoms with E-state index in [4.69, 9.17) is 4.74 Å². The number of amides is 1. The molecule has 1 saturated carbocycles. The third kappa shape index (κ3) is 6.71. The standard InChI is InChI=1S/C16H32N2O2/c1-4-6-7-12-18-16(19)13(3)20-15-10-8-14(9-11-15)17-5-2/h13-15,17H,4-12H2,1-3H3,(H,18,19). The van der Waals surface area contributed by atoms with Crippen molar-refractivity contribution in [2.75, 3.05) is 13.1 Å². The molecule has 0 radical (unpaired) electrons. The van der Waals surface area contributed by atoms with Crippen LogP contribution in [0.1, 0.15) is 65.7 Å². The molecule has 0 bridgehead atoms. The summed E-state index contributed by atoms with van der Waals surface area (Å²) in [5, 5.41) is 6.45. The molecule has 4 nitrogen and oxygen atoms in total. The van der Waals surface area contributed by atoms with E-state index >= 15 is 0 Å². The van der Waals surface area contributed by atoms with Crippen LogP contribution in [0.5, 0.6) is 0 Å². The molecule has 1 amide bonds. The molecule has 118 valence electrons. The first kappa shape index (κ1) is 17.4. The number of unbranched alkanes of at least 4 members (excludes halogenated alkanes) is 2. The molecule has 0 spiro atoms. The number of hydrogen-bond acceptors (Lipinski definition) is 3. The Morgan fingerprint density at radius 1 is 1.20 bits per heavy atom. The van der Waals surface area contributed by atoms with Gasteiger partial charge in [-0.05, 0) is 45.6 Å². The van der Waals surface area contributed by atoms with Gasteiger partial charge in [0.15, 0.2) is 0 Å². The topological polar surface area (TPSA) is 50.4 Å². The first-order chi connectivity index (χ1) is 9.67. The van der Waals surface area contributed by atoms with Crippen LogP contribution in [-0.2, 0) is 9.53 Å². The molecular weight excluding hydrogens is 252 g/mol. The summed E-state index contributed by atoms with van der Waals surface area (Å²) in [5.41, 5.74) is 0. The summed E-state index contributed by atoms with van der Waals surface area (Å²) >= 11 is 0. The Hall–Kier alpha value is -0.610. The molecule has 0 aliphatic heterocycles. The van der Waals surface area contributed by atoms with Crippen molar-refractivity contribution in [1.29, 1.82) is 0 Å². The van der Waals surface area contributed by atoms with Crippen molar-refractivity contribution in [3.63, 3.8) is 0 Å². The van der Waals surface area contributed by atoms with E-state index in [0.29, 0.717) is 6.04 Å². The second kappa shape index (κ2) is 10.2. The summed E-state index contributed by atoms with van der Waals surface area (Å²) in [4.78, 5) is 11.9. The Morgan fingerprint density at radius 3 is 2.50 bits per heavy atom. The Balaban J connectivity index is 2.15. The minimum absolute atomic E-state index is 0.0370. The van der Waals surface area contributed by atoms with Gasteiger partial charge in [-0.25, -0.2) is 0 Å². The quantitative estimate of drug-likeness (QED) is 0.640. The third-order valence-electron chi connectivity index (χ3n) is 4.01. The van der Waals surface area contributed by atoms with E-state index in [-0.39, 0.29) is 18.1 Å². The summed E-state index contributed by atoms with van der Waals surface area (Å²) in [5.74, 6) is 0.0370. The molecule has 0 heterocycles. The fraction of sp³-hybridized carbons (Fsp3) is 0.938. The van der Waals surface area contributed by atoms with E-state index < -0.39 is 0 Å². The van der Waals surface area contributed by atoms with Crippen LogP contribution >= 0.6 is 0 Å². The number of ether oxygens (including phenoxy) is 1. The van der Waals surface area contributed by atoms with Crippen LogP contribution in [0.4, 0.5) is 0 Å². The predicted octanol–water partition coefficient (Wildman–Crippen LogP) is 2.62. The number of carbonyl (C=O) groups excluding carboxylic acids is 1. The van der Waals surface area contributed by atoms with Crippen molar-refractivity contribution in [1.82, 2.24) is 10.6 Å². The molecule has 4 heteroatoms. The van der Waals surface area contributed by atoms with Gasteiger partial charge in [0, 0.05) is 12.6 Å². The maximum Gasteiger partial charge on any atom is 0.248 e. The maximum absolute atomic E-state index is 11.9. The molecule has 1 atom stereocenters. The van der Waals surface area contributed by atoms with Crippen molar-refractivity contribution in [3.8, 4) is 0 Å². The summed E-state index contributed by atoms with van der Waals surface area (Å²) < 4.78 is 5.90. The number of rotatable bonds is 9. The normalized spacial score (nSPS) is 24.4. The summed E-state index contributed by atoms with van der Waals surface area (Å²) in [6, 6.07) is 0.637. The van der Waals surface area contributed by atoms with Gasteiger partial charge in [-0.1, -0.05) is 26.7 Å². The van der Waals surface area contributed by atoms with Gasteiger partial charge in [0.25, 0.3) is 0 Å². The molecule has 0 saturated heterocycles. The predicted molar refractivity (Wildman–Crippen MR) is 82.8 cm³/mol. The molecule has 2 N–H and O–H groups in total. The first-order valence-electron chi connectivity index (χ1n) is 8.33. The summed E-state index contributed by atoms with van der Waals surface area (Å²) in [6.45, 7) is 7.98. The van der Waals surface area contributed by atoms with Gasteiger partial charge in [0.05, 0.1) is 6.10 Å². The second-order valence-electron chi connectivity index (χ2n) is 5.81. The van der Waals surface area contributed by atoms with Crippen LogP contribution in [-0.4, -0.2) is 37.2 Å². The Morgan fingerprint density at radius 2 is 1.90 bits per heavy atom. The molecule has 0 aromatic rings. The van der Waals surface area contributed by atoms with Gasteiger partial charge in [0.1, 0.15) is 6.10 Å². The zero-order valence-electron chi connectivity index (χ0n) is 13.4. The zero-order chi connectivity index (χ0) is 14.8. The van der Waals surface area contributed by atoms with E-state index in [1.54, 1.807) is 0 Å². The lowest BCUT2D eigenvalue weighted by atomic mass is 9.93. The molecule has 1 rings (SSSR count). The van der Waals surface area contributed by atoms with Crippen LogP contribution in [0.15, 0.2) is 0 Å². The number of carbonyl (C=O) groups is 1. The average molecular weight is 284 g/mol. The van der Waals surface area contributed by atoms with E-state index in [1.807, 2.05) is 6.92 Å². The zero-order valence-corrected chi connectivity index (χ0v) is 13.4. The van der Waals surface area contributed by atoms with E-state index in [1.165, 1.54) is 12.8 Å². The van der Waals surface area contributed by atoms with Gasteiger partial charge in [-0.3, -0.25) is 4.79 Å². The van der Waals surface area contributed by atoms with Gasteiger partial charge in [0.2, 0.25) is 5.91 Å². The van der Waals surface area contributed by atoms with Crippen molar-refractivity contribution < 1.29 is 9.53 Å². The summed E-state index contributed by atoms with van der Waals surface area (Å²) in [6.07, 6.45) is 7.77. The van der Waals surface area contributed by atoms with Gasteiger partial charge < -0.3 is 15.4 Å². The van der Waals surface area contributed by atoms with Gasteiger partial charge in [-0.15, -0.1) is 0 Å². The highest BCUT2D eigenvalue weighted by molar-refractivity contribution is 5.80. The lowest BCUT2D eigenvalue weighted by molar-refractivity contribution is -0.136. The van der Waals surface area contributed by atoms with Crippen LogP contribution in [0, 0.1) is 0 Å². The lowest BCUT2D eigenvalue weighted by Crippen LogP contribution is -2.40. The van der Waals surface area contributed by atoms with Crippen LogP contribution in [0.2, 0.25) is 0 Å². The highest BCUT2D eigenvalue weighted by Gasteiger charge is 2.24. The molecule has 1 aliphatic carbocycles. The van der Waals surface area contributed by atoms with Gasteiger partial charge >= 0.3 is 0 Å². The average Bonchev–Trinajstić information content (AvgIpc) is 2.45. The molecule has 0 aromatic heterocycles. The molecule has 0 aromatic carbocycles. The highest BCUT2D eigenvalue weighted by Crippen LogP contribution is 2.22. The number of hydrogen-bond donors (Lipinski definition) is 2. The Kier molecular flexibility index (Phi) is 8.86. The molecule has 1 unspecified atom stereocenters. The minimum Gasteiger partial charge on any atom is -0.365 e. The van der Waals surface area contributed by atoms with Crippen molar-refractivity contribution in [2.24, 2.45) is 0 Å². The van der Waals surface area contributed by atoms with Crippen LogP contribution < -0.4 is 10.6 Å². The molecular formula is C16H32N2O2. The van der Waals surface area contributed by atoms with E-state index in [2.05, 4.69) is 24.5 Å². The SMILES string of the molecule is CCCCCNC(=O)C(C)OC1CCC(NCC)CC1. The largest absolute Gasteiger partial charge is 0.365 e. The molecule has 1 aliphatic rings. The highest BCUT2D eigenvalue weighted by atomic mass is 16.5. The van der Waals surface area contributed by atoms with E-state index in [0.717, 1.165) is 45.2 Å². The number of nitrogens with one attached hydrogen (secondary N) is 2. The first-order valence-corrected chi connectivity index (χ1v) is 8.33. The Labute approximate surface area is 124 Å². The lowest BCUT2D eigenvalue weighted by Gasteiger charge is -2.30. The Bertz CT molecular complexity index is 263. The minimum atomic E-state index is -0.322. The van der Waals surface area contributed by atoms with Crippen LogP contribution in [0.3, 0.4) is 0 Å². The van der Waals surface area contributed by atoms with Crippen molar-refractivity contribution >= 4 is 5.91 Å². The molecule has 1 fully saturated rings. The third-order valence-corrected chi connectivity index (χ3v) is 4.01. The fourth-order valence-corrected chi connectivity index (χ4v) is 2.77. The maximum atomic E-state index is 11.9.